The number of rotatable bonds is 3. The van der Waals surface area contributed by atoms with Gasteiger partial charge in [-0.2, -0.15) is 5.10 Å². The van der Waals surface area contributed by atoms with Crippen LogP contribution in [0.5, 0.6) is 0 Å². The molecule has 4 rings (SSSR count). The molecule has 1 saturated carbocycles. The van der Waals surface area contributed by atoms with Crippen LogP contribution in [0.2, 0.25) is 0 Å². The van der Waals surface area contributed by atoms with E-state index in [9.17, 15) is 9.59 Å². The number of likely N-dealkylation sites (tertiary alicyclic amines) is 1. The number of nitrogens with one attached hydrogen (secondary N) is 2. The molecular weight excluding hydrogens is 314 g/mol. The van der Waals surface area contributed by atoms with Gasteiger partial charge in [0.2, 0.25) is 0 Å². The molecule has 0 bridgehead atoms. The van der Waals surface area contributed by atoms with Gasteiger partial charge in [0.25, 0.3) is 11.8 Å². The summed E-state index contributed by atoms with van der Waals surface area (Å²) >= 11 is 1.42. The van der Waals surface area contributed by atoms with E-state index in [1.165, 1.54) is 11.3 Å². The lowest BCUT2D eigenvalue weighted by molar-refractivity contribution is 0.0605. The standard InChI is InChI=1S/C15H17N5O2S/c21-13(12-7-23-9-16-12)18-10-5-15(6-10)2-4-20(8-15)14(22)11-1-3-17-19-11/h1,3,7,9-10H,2,4-6,8H2,(H,17,19)(H,18,21). The highest BCUT2D eigenvalue weighted by Gasteiger charge is 2.50. The fraction of sp³-hybridized carbons (Fsp3) is 0.467. The summed E-state index contributed by atoms with van der Waals surface area (Å²) in [6.07, 6.45) is 4.44. The molecule has 2 amide bonds. The third-order valence-electron chi connectivity index (χ3n) is 4.82. The summed E-state index contributed by atoms with van der Waals surface area (Å²) in [6, 6.07) is 1.89. The van der Waals surface area contributed by atoms with Crippen LogP contribution in [-0.2, 0) is 0 Å². The molecule has 0 unspecified atom stereocenters. The highest BCUT2D eigenvalue weighted by atomic mass is 32.1. The smallest absolute Gasteiger partial charge is 0.271 e. The maximum absolute atomic E-state index is 12.3. The molecule has 3 heterocycles. The van der Waals surface area contributed by atoms with E-state index in [0.29, 0.717) is 11.4 Å². The molecule has 2 aromatic heterocycles. The number of amides is 2. The van der Waals surface area contributed by atoms with Crippen LogP contribution in [0.1, 0.15) is 40.2 Å². The summed E-state index contributed by atoms with van der Waals surface area (Å²) in [5.41, 5.74) is 2.84. The molecule has 23 heavy (non-hydrogen) atoms. The van der Waals surface area contributed by atoms with Crippen molar-refractivity contribution >= 4 is 23.2 Å². The summed E-state index contributed by atoms with van der Waals surface area (Å²) in [4.78, 5) is 30.2. The zero-order chi connectivity index (χ0) is 15.9. The van der Waals surface area contributed by atoms with Crippen LogP contribution in [0.4, 0.5) is 0 Å². The van der Waals surface area contributed by atoms with Crippen molar-refractivity contribution in [3.63, 3.8) is 0 Å². The molecule has 1 saturated heterocycles. The summed E-state index contributed by atoms with van der Waals surface area (Å²) in [7, 11) is 0. The number of aromatic amines is 1. The molecule has 1 aliphatic heterocycles. The van der Waals surface area contributed by atoms with Gasteiger partial charge in [-0.3, -0.25) is 14.7 Å². The molecule has 0 aromatic carbocycles. The predicted molar refractivity (Wildman–Crippen MR) is 84.1 cm³/mol. The fourth-order valence-corrected chi connectivity index (χ4v) is 4.19. The van der Waals surface area contributed by atoms with Crippen LogP contribution >= 0.6 is 11.3 Å². The Balaban J connectivity index is 1.31. The quantitative estimate of drug-likeness (QED) is 0.887. The van der Waals surface area contributed by atoms with Crippen molar-refractivity contribution in [1.29, 1.82) is 0 Å². The molecular formula is C15H17N5O2S. The van der Waals surface area contributed by atoms with E-state index in [2.05, 4.69) is 20.5 Å². The molecule has 8 heteroatoms. The topological polar surface area (TPSA) is 91.0 Å². The maximum Gasteiger partial charge on any atom is 0.271 e. The molecule has 0 atom stereocenters. The molecule has 120 valence electrons. The fourth-order valence-electron chi connectivity index (χ4n) is 3.66. The minimum atomic E-state index is -0.102. The number of nitrogens with zero attached hydrogens (tertiary/aromatic N) is 3. The second kappa shape index (κ2) is 5.45. The van der Waals surface area contributed by atoms with Gasteiger partial charge in [-0.1, -0.05) is 0 Å². The zero-order valence-electron chi connectivity index (χ0n) is 12.5. The highest BCUT2D eigenvalue weighted by molar-refractivity contribution is 7.07. The molecule has 7 nitrogen and oxygen atoms in total. The Hall–Kier alpha value is -2.22. The third kappa shape index (κ3) is 2.63. The minimum Gasteiger partial charge on any atom is -0.348 e. The first-order chi connectivity index (χ1) is 11.2. The zero-order valence-corrected chi connectivity index (χ0v) is 13.3. The van der Waals surface area contributed by atoms with Crippen LogP contribution in [0.3, 0.4) is 0 Å². The van der Waals surface area contributed by atoms with Crippen LogP contribution in [0, 0.1) is 5.41 Å². The number of carbonyl (C=O) groups excluding carboxylic acids is 2. The molecule has 2 aromatic rings. The first-order valence-corrected chi connectivity index (χ1v) is 8.57. The lowest BCUT2D eigenvalue weighted by atomic mass is 9.65. The van der Waals surface area contributed by atoms with E-state index >= 15 is 0 Å². The predicted octanol–water partition coefficient (Wildman–Crippen LogP) is 1.29. The highest BCUT2D eigenvalue weighted by Crippen LogP contribution is 2.48. The second-order valence-electron chi connectivity index (χ2n) is 6.40. The number of hydrogen-bond donors (Lipinski definition) is 2. The maximum atomic E-state index is 12.3. The Kier molecular flexibility index (Phi) is 3.41. The van der Waals surface area contributed by atoms with E-state index in [1.54, 1.807) is 23.2 Å². The Morgan fingerprint density at radius 1 is 1.43 bits per heavy atom. The van der Waals surface area contributed by atoms with Crippen molar-refractivity contribution in [2.24, 2.45) is 5.41 Å². The molecule has 1 spiro atoms. The van der Waals surface area contributed by atoms with E-state index in [-0.39, 0.29) is 23.3 Å². The molecule has 0 radical (unpaired) electrons. The summed E-state index contributed by atoms with van der Waals surface area (Å²) < 4.78 is 0. The summed E-state index contributed by atoms with van der Waals surface area (Å²) in [5.74, 6) is -0.0937. The number of carbonyl (C=O) groups is 2. The number of hydrogen-bond acceptors (Lipinski definition) is 5. The van der Waals surface area contributed by atoms with Gasteiger partial charge in [0.1, 0.15) is 11.4 Å². The van der Waals surface area contributed by atoms with Crippen LogP contribution < -0.4 is 5.32 Å². The van der Waals surface area contributed by atoms with E-state index in [0.717, 1.165) is 32.4 Å². The SMILES string of the molecule is O=C(NC1CC2(CCN(C(=O)c3ccn[nH]3)C2)C1)c1cscn1. The summed E-state index contributed by atoms with van der Waals surface area (Å²) in [5, 5.41) is 11.3. The van der Waals surface area contributed by atoms with Crippen molar-refractivity contribution in [2.75, 3.05) is 13.1 Å². The molecule has 2 aliphatic rings. The monoisotopic (exact) mass is 331 g/mol. The van der Waals surface area contributed by atoms with Crippen LogP contribution in [0.15, 0.2) is 23.2 Å². The molecule has 1 aliphatic carbocycles. The Morgan fingerprint density at radius 2 is 2.30 bits per heavy atom. The van der Waals surface area contributed by atoms with Crippen molar-refractivity contribution in [3.8, 4) is 0 Å². The van der Waals surface area contributed by atoms with Gasteiger partial charge < -0.3 is 10.2 Å². The Bertz CT molecular complexity index is 706. The van der Waals surface area contributed by atoms with Gasteiger partial charge in [-0.05, 0) is 30.7 Å². The molecule has 2 fully saturated rings. The first-order valence-electron chi connectivity index (χ1n) is 7.63. The lowest BCUT2D eigenvalue weighted by Gasteiger charge is -2.45. The van der Waals surface area contributed by atoms with E-state index in [4.69, 9.17) is 0 Å². The van der Waals surface area contributed by atoms with Crippen molar-refractivity contribution < 1.29 is 9.59 Å². The Morgan fingerprint density at radius 3 is 3.00 bits per heavy atom. The van der Waals surface area contributed by atoms with Crippen LogP contribution in [-0.4, -0.2) is 51.0 Å². The normalized spacial score (nSPS) is 26.3. The number of aromatic nitrogens is 3. The van der Waals surface area contributed by atoms with Gasteiger partial charge in [-0.25, -0.2) is 4.98 Å². The lowest BCUT2D eigenvalue weighted by Crippen LogP contribution is -2.52. The molecule has 2 N–H and O–H groups in total. The van der Waals surface area contributed by atoms with Crippen LogP contribution in [0.25, 0.3) is 0 Å². The number of H-pyrrole nitrogens is 1. The van der Waals surface area contributed by atoms with Gasteiger partial charge >= 0.3 is 0 Å². The van der Waals surface area contributed by atoms with Crippen molar-refractivity contribution in [1.82, 2.24) is 25.4 Å². The average molecular weight is 331 g/mol. The van der Waals surface area contributed by atoms with Gasteiger partial charge in [0.05, 0.1) is 5.51 Å². The second-order valence-corrected chi connectivity index (χ2v) is 7.12. The average Bonchev–Trinajstić information content (AvgIpc) is 3.25. The van der Waals surface area contributed by atoms with E-state index in [1.807, 2.05) is 4.90 Å². The third-order valence-corrected chi connectivity index (χ3v) is 5.40. The largest absolute Gasteiger partial charge is 0.348 e. The van der Waals surface area contributed by atoms with Gasteiger partial charge in [0.15, 0.2) is 0 Å². The number of thiazole rings is 1. The van der Waals surface area contributed by atoms with Gasteiger partial charge in [-0.15, -0.1) is 11.3 Å². The minimum absolute atomic E-state index is 0.00864. The summed E-state index contributed by atoms with van der Waals surface area (Å²) in [6.45, 7) is 1.53. The van der Waals surface area contributed by atoms with Crippen molar-refractivity contribution in [2.45, 2.75) is 25.3 Å². The van der Waals surface area contributed by atoms with E-state index < -0.39 is 0 Å². The Labute approximate surface area is 137 Å². The first kappa shape index (κ1) is 14.4. The van der Waals surface area contributed by atoms with Gasteiger partial charge in [0, 0.05) is 30.7 Å². The van der Waals surface area contributed by atoms with Crippen molar-refractivity contribution in [3.05, 3.63) is 34.5 Å².